The summed E-state index contributed by atoms with van der Waals surface area (Å²) in [7, 11) is 0. The van der Waals surface area contributed by atoms with Crippen LogP contribution in [0.2, 0.25) is 0 Å². The first-order valence-electron chi connectivity index (χ1n) is 6.07. The maximum atomic E-state index is 2.62. The van der Waals surface area contributed by atoms with E-state index < -0.39 is 0 Å². The molecule has 0 aliphatic carbocycles. The van der Waals surface area contributed by atoms with Gasteiger partial charge in [0.05, 0.1) is 0 Å². The van der Waals surface area contributed by atoms with Crippen LogP contribution in [0.5, 0.6) is 0 Å². The van der Waals surface area contributed by atoms with Gasteiger partial charge < -0.3 is 0 Å². The zero-order valence-corrected chi connectivity index (χ0v) is 12.2. The molecule has 1 aromatic rings. The molecule has 1 heterocycles. The number of likely N-dealkylation sites (tertiary alicyclic amines) is 1. The van der Waals surface area contributed by atoms with Gasteiger partial charge >= 0.3 is 0 Å². The number of hydrogen-bond donors (Lipinski definition) is 0. The molecular formula is C14H20IN. The summed E-state index contributed by atoms with van der Waals surface area (Å²) in [4.78, 5) is 2.60. The normalized spacial score (nSPS) is 31.6. The van der Waals surface area contributed by atoms with Gasteiger partial charge in [0.1, 0.15) is 0 Å². The van der Waals surface area contributed by atoms with E-state index in [0.29, 0.717) is 0 Å². The second-order valence-corrected chi connectivity index (χ2v) is 6.52. The van der Waals surface area contributed by atoms with E-state index in [1.165, 1.54) is 18.7 Å². The summed E-state index contributed by atoms with van der Waals surface area (Å²) in [6.45, 7) is 8.36. The van der Waals surface area contributed by atoms with Gasteiger partial charge in [-0.2, -0.15) is 0 Å². The first-order valence-corrected chi connectivity index (χ1v) is 7.31. The van der Waals surface area contributed by atoms with Crippen molar-refractivity contribution in [3.05, 3.63) is 35.9 Å². The van der Waals surface area contributed by atoms with E-state index >= 15 is 0 Å². The molecule has 0 spiro atoms. The highest BCUT2D eigenvalue weighted by Crippen LogP contribution is 2.29. The van der Waals surface area contributed by atoms with Gasteiger partial charge in [0, 0.05) is 23.6 Å². The van der Waals surface area contributed by atoms with Gasteiger partial charge in [-0.05, 0) is 17.4 Å². The van der Waals surface area contributed by atoms with Gasteiger partial charge in [0.25, 0.3) is 0 Å². The van der Waals surface area contributed by atoms with Gasteiger partial charge in [-0.3, -0.25) is 4.90 Å². The van der Waals surface area contributed by atoms with Crippen LogP contribution in [0, 0.1) is 11.8 Å². The van der Waals surface area contributed by atoms with Gasteiger partial charge in [-0.25, -0.2) is 0 Å². The summed E-state index contributed by atoms with van der Waals surface area (Å²) in [5.74, 6) is 1.63. The smallest absolute Gasteiger partial charge is 0.0233 e. The first-order chi connectivity index (χ1) is 7.66. The van der Waals surface area contributed by atoms with Crippen molar-refractivity contribution in [2.45, 2.75) is 24.3 Å². The largest absolute Gasteiger partial charge is 0.298 e. The Morgan fingerprint density at radius 3 is 2.25 bits per heavy atom. The van der Waals surface area contributed by atoms with Crippen molar-refractivity contribution >= 4 is 22.6 Å². The zero-order valence-electron chi connectivity index (χ0n) is 10.1. The van der Waals surface area contributed by atoms with Crippen LogP contribution in [0.4, 0.5) is 0 Å². The molecule has 16 heavy (non-hydrogen) atoms. The lowest BCUT2D eigenvalue weighted by atomic mass is 9.91. The predicted octanol–water partition coefficient (Wildman–Crippen LogP) is 3.58. The van der Waals surface area contributed by atoms with Crippen molar-refractivity contribution in [3.63, 3.8) is 0 Å². The minimum absolute atomic E-state index is 0.813. The molecule has 0 aromatic heterocycles. The van der Waals surface area contributed by atoms with Crippen LogP contribution in [0.3, 0.4) is 0 Å². The van der Waals surface area contributed by atoms with E-state index in [2.05, 4.69) is 71.7 Å². The lowest BCUT2D eigenvalue weighted by molar-refractivity contribution is 0.145. The lowest BCUT2D eigenvalue weighted by Gasteiger charge is -2.38. The number of piperidine rings is 1. The van der Waals surface area contributed by atoms with Crippen molar-refractivity contribution in [1.82, 2.24) is 4.90 Å². The molecule has 0 radical (unpaired) electrons. The molecular weight excluding hydrogens is 309 g/mol. The second kappa shape index (κ2) is 5.50. The fourth-order valence-electron chi connectivity index (χ4n) is 2.62. The van der Waals surface area contributed by atoms with Crippen LogP contribution >= 0.6 is 22.6 Å². The van der Waals surface area contributed by atoms with Crippen molar-refractivity contribution in [1.29, 1.82) is 0 Å². The Bertz CT molecular complexity index is 313. The van der Waals surface area contributed by atoms with Crippen molar-refractivity contribution in [2.75, 3.05) is 13.1 Å². The van der Waals surface area contributed by atoms with E-state index in [-0.39, 0.29) is 0 Å². The molecule has 0 saturated carbocycles. The van der Waals surface area contributed by atoms with Crippen LogP contribution in [0.15, 0.2) is 30.3 Å². The molecule has 0 N–H and O–H groups in total. The SMILES string of the molecule is C[C@@H]1CN(Cc2ccccc2)C[C@H](C)C1I. The molecule has 1 aromatic carbocycles. The van der Waals surface area contributed by atoms with Crippen LogP contribution in [0.1, 0.15) is 19.4 Å². The molecule has 1 aliphatic heterocycles. The Labute approximate surface area is 112 Å². The highest BCUT2D eigenvalue weighted by atomic mass is 127. The zero-order chi connectivity index (χ0) is 11.5. The van der Waals surface area contributed by atoms with E-state index in [0.717, 1.165) is 22.3 Å². The topological polar surface area (TPSA) is 3.24 Å². The fourth-order valence-corrected chi connectivity index (χ4v) is 3.08. The van der Waals surface area contributed by atoms with E-state index in [1.807, 2.05) is 0 Å². The summed E-state index contributed by atoms with van der Waals surface area (Å²) >= 11 is 2.62. The predicted molar refractivity (Wildman–Crippen MR) is 77.9 cm³/mol. The summed E-state index contributed by atoms with van der Waals surface area (Å²) in [6, 6.07) is 10.8. The Morgan fingerprint density at radius 1 is 1.12 bits per heavy atom. The van der Waals surface area contributed by atoms with Gasteiger partial charge in [0.2, 0.25) is 0 Å². The third-order valence-corrected chi connectivity index (χ3v) is 5.88. The van der Waals surface area contributed by atoms with E-state index in [4.69, 9.17) is 0 Å². The van der Waals surface area contributed by atoms with Gasteiger partial charge in [0.15, 0.2) is 0 Å². The number of alkyl halides is 1. The van der Waals surface area contributed by atoms with Crippen molar-refractivity contribution < 1.29 is 0 Å². The summed E-state index contributed by atoms with van der Waals surface area (Å²) in [5, 5.41) is 0. The molecule has 0 amide bonds. The minimum Gasteiger partial charge on any atom is -0.298 e. The quantitative estimate of drug-likeness (QED) is 0.592. The molecule has 1 fully saturated rings. The summed E-state index contributed by atoms with van der Waals surface area (Å²) < 4.78 is 0.838. The molecule has 0 bridgehead atoms. The Balaban J connectivity index is 1.97. The maximum Gasteiger partial charge on any atom is 0.0233 e. The average molecular weight is 329 g/mol. The lowest BCUT2D eigenvalue weighted by Crippen LogP contribution is -2.44. The molecule has 88 valence electrons. The highest BCUT2D eigenvalue weighted by Gasteiger charge is 2.29. The Morgan fingerprint density at radius 2 is 1.69 bits per heavy atom. The van der Waals surface area contributed by atoms with Crippen molar-refractivity contribution in [2.24, 2.45) is 11.8 Å². The molecule has 1 saturated heterocycles. The molecule has 2 rings (SSSR count). The van der Waals surface area contributed by atoms with Crippen LogP contribution < -0.4 is 0 Å². The number of halogens is 1. The monoisotopic (exact) mass is 329 g/mol. The molecule has 1 aliphatic rings. The summed E-state index contributed by atoms with van der Waals surface area (Å²) in [6.07, 6.45) is 0. The summed E-state index contributed by atoms with van der Waals surface area (Å²) in [5.41, 5.74) is 1.44. The third-order valence-electron chi connectivity index (χ3n) is 3.43. The number of hydrogen-bond acceptors (Lipinski definition) is 1. The maximum absolute atomic E-state index is 2.62. The standard InChI is InChI=1S/C14H20IN/c1-11-8-16(9-12(2)14(11)15)10-13-6-4-3-5-7-13/h3-7,11-12,14H,8-10H2,1-2H3/t11-,12+,14?. The van der Waals surface area contributed by atoms with Crippen LogP contribution in [-0.4, -0.2) is 21.9 Å². The van der Waals surface area contributed by atoms with E-state index in [9.17, 15) is 0 Å². The third kappa shape index (κ3) is 2.98. The number of benzene rings is 1. The van der Waals surface area contributed by atoms with Crippen LogP contribution in [-0.2, 0) is 6.54 Å². The first kappa shape index (κ1) is 12.4. The second-order valence-electron chi connectivity index (χ2n) is 5.08. The molecule has 3 atom stereocenters. The van der Waals surface area contributed by atoms with Crippen LogP contribution in [0.25, 0.3) is 0 Å². The highest BCUT2D eigenvalue weighted by molar-refractivity contribution is 14.1. The Hall–Kier alpha value is -0.0900. The molecule has 2 heteroatoms. The number of rotatable bonds is 2. The van der Waals surface area contributed by atoms with Gasteiger partial charge in [-0.1, -0.05) is 66.8 Å². The fraction of sp³-hybridized carbons (Fsp3) is 0.571. The van der Waals surface area contributed by atoms with Crippen molar-refractivity contribution in [3.8, 4) is 0 Å². The van der Waals surface area contributed by atoms with E-state index in [1.54, 1.807) is 0 Å². The molecule has 1 unspecified atom stereocenters. The number of nitrogens with zero attached hydrogens (tertiary/aromatic N) is 1. The average Bonchev–Trinajstić information content (AvgIpc) is 2.27. The van der Waals surface area contributed by atoms with Gasteiger partial charge in [-0.15, -0.1) is 0 Å². The Kier molecular flexibility index (Phi) is 4.25. The minimum atomic E-state index is 0.813. The molecule has 1 nitrogen and oxygen atoms in total.